The Labute approximate surface area is 126 Å². The Balaban J connectivity index is 2.11. The number of benzene rings is 1. The standard InChI is InChI=1S/C14H15N3O3S/c1-8-13(19)15-14(17-16-8)21-9(2)12(18)10-4-6-11(20-3)7-5-10/h4-7,9H,1-3H3,(H,15,17,19). The second-order valence-corrected chi connectivity index (χ2v) is 5.73. The van der Waals surface area contributed by atoms with Crippen molar-refractivity contribution < 1.29 is 9.53 Å². The summed E-state index contributed by atoms with van der Waals surface area (Å²) >= 11 is 1.17. The highest BCUT2D eigenvalue weighted by Gasteiger charge is 2.18. The molecule has 1 N–H and O–H groups in total. The van der Waals surface area contributed by atoms with E-state index < -0.39 is 0 Å². The molecule has 7 heteroatoms. The average Bonchev–Trinajstić information content (AvgIpc) is 2.50. The Morgan fingerprint density at radius 2 is 1.95 bits per heavy atom. The largest absolute Gasteiger partial charge is 0.497 e. The number of aromatic nitrogens is 3. The van der Waals surface area contributed by atoms with Gasteiger partial charge in [-0.05, 0) is 38.1 Å². The molecule has 0 saturated heterocycles. The predicted molar refractivity (Wildman–Crippen MR) is 80.0 cm³/mol. The fraction of sp³-hybridized carbons (Fsp3) is 0.286. The molecule has 0 radical (unpaired) electrons. The molecule has 21 heavy (non-hydrogen) atoms. The van der Waals surface area contributed by atoms with Crippen LogP contribution < -0.4 is 10.3 Å². The highest BCUT2D eigenvalue weighted by Crippen LogP contribution is 2.22. The van der Waals surface area contributed by atoms with Crippen LogP contribution in [0.4, 0.5) is 0 Å². The SMILES string of the molecule is COc1ccc(C(=O)C(C)Sc2nnc(C)c(=O)[nH]2)cc1. The van der Waals surface area contributed by atoms with E-state index >= 15 is 0 Å². The fourth-order valence-electron chi connectivity index (χ4n) is 1.64. The number of carbonyl (C=O) groups is 1. The number of carbonyl (C=O) groups excluding carboxylic acids is 1. The molecule has 0 amide bonds. The number of hydrogen-bond acceptors (Lipinski definition) is 6. The molecule has 0 aliphatic carbocycles. The molecule has 0 spiro atoms. The van der Waals surface area contributed by atoms with Gasteiger partial charge in [-0.3, -0.25) is 14.6 Å². The summed E-state index contributed by atoms with van der Waals surface area (Å²) in [4.78, 5) is 26.4. The van der Waals surface area contributed by atoms with Gasteiger partial charge in [0.1, 0.15) is 11.4 Å². The zero-order valence-corrected chi connectivity index (χ0v) is 12.7. The van der Waals surface area contributed by atoms with Gasteiger partial charge in [0.05, 0.1) is 12.4 Å². The maximum Gasteiger partial charge on any atom is 0.273 e. The number of rotatable bonds is 5. The number of thioether (sulfide) groups is 1. The third-order valence-corrected chi connectivity index (χ3v) is 3.85. The Morgan fingerprint density at radius 3 is 2.52 bits per heavy atom. The molecular weight excluding hydrogens is 290 g/mol. The summed E-state index contributed by atoms with van der Waals surface area (Å²) in [6.45, 7) is 3.34. The molecule has 1 atom stereocenters. The maximum absolute atomic E-state index is 12.3. The molecule has 1 heterocycles. The van der Waals surface area contributed by atoms with E-state index in [1.165, 1.54) is 11.8 Å². The number of aromatic amines is 1. The van der Waals surface area contributed by atoms with Crippen molar-refractivity contribution in [2.24, 2.45) is 0 Å². The van der Waals surface area contributed by atoms with Crippen LogP contribution in [0.3, 0.4) is 0 Å². The van der Waals surface area contributed by atoms with Crippen LogP contribution in [-0.4, -0.2) is 33.3 Å². The van der Waals surface area contributed by atoms with E-state index in [2.05, 4.69) is 15.2 Å². The number of ketones is 1. The topological polar surface area (TPSA) is 84.9 Å². The lowest BCUT2D eigenvalue weighted by atomic mass is 10.1. The van der Waals surface area contributed by atoms with E-state index in [-0.39, 0.29) is 16.6 Å². The molecule has 0 fully saturated rings. The van der Waals surface area contributed by atoms with Gasteiger partial charge in [0, 0.05) is 5.56 Å². The minimum Gasteiger partial charge on any atom is -0.497 e. The number of nitrogens with one attached hydrogen (secondary N) is 1. The summed E-state index contributed by atoms with van der Waals surface area (Å²) in [5, 5.41) is 7.56. The fourth-order valence-corrected chi connectivity index (χ4v) is 2.46. The first-order valence-electron chi connectivity index (χ1n) is 6.30. The minimum absolute atomic E-state index is 0.0501. The van der Waals surface area contributed by atoms with Gasteiger partial charge in [-0.1, -0.05) is 11.8 Å². The van der Waals surface area contributed by atoms with Crippen molar-refractivity contribution in [2.75, 3.05) is 7.11 Å². The first-order chi connectivity index (χ1) is 10.0. The van der Waals surface area contributed by atoms with E-state index in [9.17, 15) is 9.59 Å². The molecule has 0 saturated carbocycles. The molecule has 110 valence electrons. The normalized spacial score (nSPS) is 12.0. The van der Waals surface area contributed by atoms with Crippen molar-refractivity contribution in [3.8, 4) is 5.75 Å². The average molecular weight is 305 g/mol. The summed E-state index contributed by atoms with van der Waals surface area (Å²) < 4.78 is 5.05. The van der Waals surface area contributed by atoms with Crippen molar-refractivity contribution in [3.05, 3.63) is 45.9 Å². The van der Waals surface area contributed by atoms with Gasteiger partial charge in [-0.25, -0.2) is 0 Å². The molecule has 6 nitrogen and oxygen atoms in total. The summed E-state index contributed by atoms with van der Waals surface area (Å²) in [5.74, 6) is 0.645. The Morgan fingerprint density at radius 1 is 1.29 bits per heavy atom. The second-order valence-electron chi connectivity index (χ2n) is 4.40. The lowest BCUT2D eigenvalue weighted by Crippen LogP contribution is -2.18. The number of hydrogen-bond donors (Lipinski definition) is 1. The first kappa shape index (κ1) is 15.2. The third kappa shape index (κ3) is 3.69. The lowest BCUT2D eigenvalue weighted by molar-refractivity contribution is 0.0994. The zero-order valence-electron chi connectivity index (χ0n) is 11.9. The van der Waals surface area contributed by atoms with Crippen LogP contribution in [0.25, 0.3) is 0 Å². The van der Waals surface area contributed by atoms with Crippen LogP contribution in [0.1, 0.15) is 23.0 Å². The number of methoxy groups -OCH3 is 1. The van der Waals surface area contributed by atoms with Crippen molar-refractivity contribution in [3.63, 3.8) is 0 Å². The van der Waals surface area contributed by atoms with E-state index in [4.69, 9.17) is 4.74 Å². The van der Waals surface area contributed by atoms with E-state index in [0.29, 0.717) is 22.2 Å². The van der Waals surface area contributed by atoms with Crippen LogP contribution in [0.5, 0.6) is 5.75 Å². The van der Waals surface area contributed by atoms with E-state index in [1.807, 2.05) is 0 Å². The molecule has 0 aliphatic heterocycles. The van der Waals surface area contributed by atoms with Gasteiger partial charge >= 0.3 is 0 Å². The monoisotopic (exact) mass is 305 g/mol. The van der Waals surface area contributed by atoms with Crippen LogP contribution >= 0.6 is 11.8 Å². The predicted octanol–water partition coefficient (Wildman–Crippen LogP) is 1.85. The number of aryl methyl sites for hydroxylation is 1. The Bertz CT molecular complexity index is 697. The van der Waals surface area contributed by atoms with Crippen molar-refractivity contribution >= 4 is 17.5 Å². The molecule has 1 unspecified atom stereocenters. The zero-order chi connectivity index (χ0) is 15.4. The van der Waals surface area contributed by atoms with Crippen LogP contribution in [-0.2, 0) is 0 Å². The minimum atomic E-state index is -0.383. The highest BCUT2D eigenvalue weighted by atomic mass is 32.2. The molecule has 0 bridgehead atoms. The number of Topliss-reactive ketones (excluding diaryl/α,β-unsaturated/α-hetero) is 1. The smallest absolute Gasteiger partial charge is 0.273 e. The molecular formula is C14H15N3O3S. The molecule has 2 rings (SSSR count). The van der Waals surface area contributed by atoms with E-state index in [0.717, 1.165) is 0 Å². The number of nitrogens with zero attached hydrogens (tertiary/aromatic N) is 2. The van der Waals surface area contributed by atoms with Gasteiger partial charge in [-0.2, -0.15) is 0 Å². The van der Waals surface area contributed by atoms with Crippen molar-refractivity contribution in [1.82, 2.24) is 15.2 Å². The molecule has 2 aromatic rings. The van der Waals surface area contributed by atoms with Crippen LogP contribution in [0.15, 0.2) is 34.2 Å². The summed E-state index contributed by atoms with van der Waals surface area (Å²) in [6, 6.07) is 6.89. The summed E-state index contributed by atoms with van der Waals surface area (Å²) in [7, 11) is 1.57. The number of ether oxygens (including phenoxy) is 1. The van der Waals surface area contributed by atoms with Gasteiger partial charge in [0.15, 0.2) is 10.9 Å². The number of H-pyrrole nitrogens is 1. The lowest BCUT2D eigenvalue weighted by Gasteiger charge is -2.09. The van der Waals surface area contributed by atoms with Crippen molar-refractivity contribution in [1.29, 1.82) is 0 Å². The van der Waals surface area contributed by atoms with Gasteiger partial charge < -0.3 is 4.74 Å². The molecule has 1 aromatic heterocycles. The summed E-state index contributed by atoms with van der Waals surface area (Å²) in [5.41, 5.74) is 0.586. The Kier molecular flexibility index (Phi) is 4.74. The highest BCUT2D eigenvalue weighted by molar-refractivity contribution is 8.00. The van der Waals surface area contributed by atoms with Gasteiger partial charge in [0.25, 0.3) is 5.56 Å². The molecule has 1 aromatic carbocycles. The van der Waals surface area contributed by atoms with Crippen molar-refractivity contribution in [2.45, 2.75) is 24.3 Å². The van der Waals surface area contributed by atoms with Gasteiger partial charge in [0.2, 0.25) is 0 Å². The van der Waals surface area contributed by atoms with Crippen LogP contribution in [0, 0.1) is 6.92 Å². The van der Waals surface area contributed by atoms with Crippen LogP contribution in [0.2, 0.25) is 0 Å². The first-order valence-corrected chi connectivity index (χ1v) is 7.17. The van der Waals surface area contributed by atoms with Gasteiger partial charge in [-0.15, -0.1) is 10.2 Å². The molecule has 0 aliphatic rings. The third-order valence-electron chi connectivity index (χ3n) is 2.87. The maximum atomic E-state index is 12.3. The van der Waals surface area contributed by atoms with E-state index in [1.54, 1.807) is 45.2 Å². The second kappa shape index (κ2) is 6.53. The Hall–Kier alpha value is -2.15. The summed E-state index contributed by atoms with van der Waals surface area (Å²) in [6.07, 6.45) is 0. The quantitative estimate of drug-likeness (QED) is 0.670.